The lowest BCUT2D eigenvalue weighted by atomic mass is 10.1. The summed E-state index contributed by atoms with van der Waals surface area (Å²) < 4.78 is 0. The molecule has 1 saturated heterocycles. The molecule has 24 heavy (non-hydrogen) atoms. The number of thiophene rings is 1. The fourth-order valence-corrected chi connectivity index (χ4v) is 3.98. The fourth-order valence-electron chi connectivity index (χ4n) is 2.91. The number of piperazine rings is 1. The maximum absolute atomic E-state index is 12.4. The Morgan fingerprint density at radius 2 is 2.00 bits per heavy atom. The molecule has 0 unspecified atom stereocenters. The monoisotopic (exact) mass is 365 g/mol. The molecule has 0 aliphatic carbocycles. The van der Waals surface area contributed by atoms with Gasteiger partial charge in [-0.2, -0.15) is 0 Å². The van der Waals surface area contributed by atoms with Gasteiger partial charge in [-0.15, -0.1) is 11.3 Å². The fraction of sp³-hybridized carbons (Fsp3) is 0.312. The first-order valence-corrected chi connectivity index (χ1v) is 8.75. The molecule has 1 fully saturated rings. The van der Waals surface area contributed by atoms with Crippen molar-refractivity contribution in [2.24, 2.45) is 0 Å². The Morgan fingerprint density at radius 3 is 2.54 bits per heavy atom. The van der Waals surface area contributed by atoms with Crippen molar-refractivity contribution in [2.75, 3.05) is 31.1 Å². The minimum Gasteiger partial charge on any atom is -0.367 e. The molecular formula is C16H16ClN3O3S. The Morgan fingerprint density at radius 1 is 1.29 bits per heavy atom. The molecule has 0 atom stereocenters. The third-order valence-corrected chi connectivity index (χ3v) is 5.21. The Hall–Kier alpha value is -2.12. The summed E-state index contributed by atoms with van der Waals surface area (Å²) in [4.78, 5) is 27.5. The van der Waals surface area contributed by atoms with Crippen molar-refractivity contribution in [1.82, 2.24) is 4.90 Å². The third-order valence-electron chi connectivity index (χ3n) is 4.06. The van der Waals surface area contributed by atoms with E-state index in [-0.39, 0.29) is 11.6 Å². The number of aryl methyl sites for hydroxylation is 1. The van der Waals surface area contributed by atoms with Crippen molar-refractivity contribution in [2.45, 2.75) is 6.92 Å². The lowest BCUT2D eigenvalue weighted by Crippen LogP contribution is -2.48. The highest BCUT2D eigenvalue weighted by molar-refractivity contribution is 7.12. The molecule has 0 bridgehead atoms. The van der Waals surface area contributed by atoms with Crippen LogP contribution in [0.15, 0.2) is 29.6 Å². The van der Waals surface area contributed by atoms with Crippen LogP contribution in [0, 0.1) is 17.0 Å². The van der Waals surface area contributed by atoms with Gasteiger partial charge < -0.3 is 9.80 Å². The van der Waals surface area contributed by atoms with E-state index in [4.69, 9.17) is 11.6 Å². The predicted molar refractivity (Wildman–Crippen MR) is 95.3 cm³/mol. The van der Waals surface area contributed by atoms with Gasteiger partial charge in [0.25, 0.3) is 11.6 Å². The summed E-state index contributed by atoms with van der Waals surface area (Å²) in [6.45, 7) is 4.31. The molecular weight excluding hydrogens is 350 g/mol. The van der Waals surface area contributed by atoms with Gasteiger partial charge in [-0.3, -0.25) is 14.9 Å². The maximum atomic E-state index is 12.4. The SMILES string of the molecule is Cc1cc([N+](=O)[O-])cc(Cl)c1N1CCN(C(=O)c2cccs2)CC1. The number of benzene rings is 1. The van der Waals surface area contributed by atoms with E-state index in [0.717, 1.165) is 16.1 Å². The van der Waals surface area contributed by atoms with E-state index in [9.17, 15) is 14.9 Å². The second-order valence-corrected chi connectivity index (χ2v) is 6.96. The Labute approximate surface area is 148 Å². The van der Waals surface area contributed by atoms with Crippen LogP contribution in [0.3, 0.4) is 0 Å². The summed E-state index contributed by atoms with van der Waals surface area (Å²) in [5, 5.41) is 13.2. The highest BCUT2D eigenvalue weighted by Crippen LogP contribution is 2.34. The maximum Gasteiger partial charge on any atom is 0.271 e. The van der Waals surface area contributed by atoms with Crippen LogP contribution in [0.5, 0.6) is 0 Å². The summed E-state index contributed by atoms with van der Waals surface area (Å²) in [7, 11) is 0. The van der Waals surface area contributed by atoms with Crippen LogP contribution < -0.4 is 4.90 Å². The number of nitro benzene ring substituents is 1. The number of amides is 1. The molecule has 1 aliphatic heterocycles. The molecule has 0 N–H and O–H groups in total. The van der Waals surface area contributed by atoms with Crippen molar-refractivity contribution < 1.29 is 9.72 Å². The minimum absolute atomic E-state index is 0.00670. The van der Waals surface area contributed by atoms with E-state index in [2.05, 4.69) is 4.90 Å². The normalized spacial score (nSPS) is 14.8. The third kappa shape index (κ3) is 3.22. The van der Waals surface area contributed by atoms with Crippen LogP contribution in [0.1, 0.15) is 15.2 Å². The molecule has 8 heteroatoms. The number of nitro groups is 1. The van der Waals surface area contributed by atoms with Crippen LogP contribution >= 0.6 is 22.9 Å². The molecule has 1 aliphatic rings. The van der Waals surface area contributed by atoms with Gasteiger partial charge in [-0.25, -0.2) is 0 Å². The molecule has 3 rings (SSSR count). The molecule has 2 aromatic rings. The molecule has 0 saturated carbocycles. The predicted octanol–water partition coefficient (Wildman–Crippen LogP) is 3.58. The van der Waals surface area contributed by atoms with Crippen LogP contribution in [0.4, 0.5) is 11.4 Å². The first kappa shape index (κ1) is 16.7. The van der Waals surface area contributed by atoms with Crippen LogP contribution in [0.2, 0.25) is 5.02 Å². The molecule has 1 amide bonds. The molecule has 2 heterocycles. The highest BCUT2D eigenvalue weighted by atomic mass is 35.5. The molecule has 0 radical (unpaired) electrons. The van der Waals surface area contributed by atoms with Gasteiger partial charge in [0.05, 0.1) is 20.5 Å². The first-order valence-electron chi connectivity index (χ1n) is 7.49. The molecule has 1 aromatic heterocycles. The van der Waals surface area contributed by atoms with Gasteiger partial charge in [-0.1, -0.05) is 17.7 Å². The van der Waals surface area contributed by atoms with E-state index >= 15 is 0 Å². The number of non-ortho nitro benzene ring substituents is 1. The quantitative estimate of drug-likeness (QED) is 0.616. The Kier molecular flexibility index (Phi) is 4.73. The van der Waals surface area contributed by atoms with Crippen LogP contribution in [-0.4, -0.2) is 41.9 Å². The largest absolute Gasteiger partial charge is 0.367 e. The molecule has 1 aromatic carbocycles. The van der Waals surface area contributed by atoms with E-state index in [0.29, 0.717) is 31.2 Å². The minimum atomic E-state index is -0.444. The summed E-state index contributed by atoms with van der Waals surface area (Å²) in [5.74, 6) is 0.0520. The second kappa shape index (κ2) is 6.78. The summed E-state index contributed by atoms with van der Waals surface area (Å²) >= 11 is 7.71. The Balaban J connectivity index is 1.73. The van der Waals surface area contributed by atoms with E-state index in [1.807, 2.05) is 29.3 Å². The smallest absolute Gasteiger partial charge is 0.271 e. The molecule has 126 valence electrons. The van der Waals surface area contributed by atoms with Gasteiger partial charge >= 0.3 is 0 Å². The lowest BCUT2D eigenvalue weighted by molar-refractivity contribution is -0.384. The van der Waals surface area contributed by atoms with Crippen molar-refractivity contribution in [3.05, 3.63) is 55.2 Å². The van der Waals surface area contributed by atoms with Crippen LogP contribution in [-0.2, 0) is 0 Å². The molecule has 6 nitrogen and oxygen atoms in total. The summed E-state index contributed by atoms with van der Waals surface area (Å²) in [6.07, 6.45) is 0. The average Bonchev–Trinajstić information content (AvgIpc) is 3.08. The van der Waals surface area contributed by atoms with Crippen molar-refractivity contribution in [3.63, 3.8) is 0 Å². The van der Waals surface area contributed by atoms with Gasteiger partial charge in [-0.05, 0) is 23.9 Å². The number of hydrogen-bond acceptors (Lipinski definition) is 5. The van der Waals surface area contributed by atoms with Crippen molar-refractivity contribution in [1.29, 1.82) is 0 Å². The summed E-state index contributed by atoms with van der Waals surface area (Å²) in [5.41, 5.74) is 1.57. The van der Waals surface area contributed by atoms with Gasteiger partial charge in [0.1, 0.15) is 0 Å². The van der Waals surface area contributed by atoms with E-state index in [1.165, 1.54) is 23.5 Å². The highest BCUT2D eigenvalue weighted by Gasteiger charge is 2.25. The number of halogens is 1. The van der Waals surface area contributed by atoms with Gasteiger partial charge in [0.2, 0.25) is 0 Å². The first-order chi connectivity index (χ1) is 11.5. The van der Waals surface area contributed by atoms with E-state index in [1.54, 1.807) is 0 Å². The number of carbonyl (C=O) groups is 1. The zero-order valence-electron chi connectivity index (χ0n) is 13.1. The number of hydrogen-bond donors (Lipinski definition) is 0. The second-order valence-electron chi connectivity index (χ2n) is 5.61. The standard InChI is InChI=1S/C16H16ClN3O3S/c1-11-9-12(20(22)23)10-13(17)15(11)18-4-6-19(7-5-18)16(21)14-3-2-8-24-14/h2-3,8-10H,4-7H2,1H3. The topological polar surface area (TPSA) is 66.7 Å². The number of carbonyl (C=O) groups excluding carboxylic acids is 1. The zero-order valence-corrected chi connectivity index (χ0v) is 14.6. The summed E-state index contributed by atoms with van der Waals surface area (Å²) in [6, 6.07) is 6.61. The lowest BCUT2D eigenvalue weighted by Gasteiger charge is -2.37. The van der Waals surface area contributed by atoms with Gasteiger partial charge in [0, 0.05) is 38.3 Å². The van der Waals surface area contributed by atoms with Crippen LogP contribution in [0.25, 0.3) is 0 Å². The number of nitrogens with zero attached hydrogens (tertiary/aromatic N) is 3. The van der Waals surface area contributed by atoms with Gasteiger partial charge in [0.15, 0.2) is 0 Å². The zero-order chi connectivity index (χ0) is 17.3. The van der Waals surface area contributed by atoms with E-state index < -0.39 is 4.92 Å². The Bertz CT molecular complexity index is 748. The molecule has 0 spiro atoms. The average molecular weight is 366 g/mol. The van der Waals surface area contributed by atoms with Crippen molar-refractivity contribution >= 4 is 40.2 Å². The number of anilines is 1. The van der Waals surface area contributed by atoms with Crippen molar-refractivity contribution in [3.8, 4) is 0 Å². The number of rotatable bonds is 3.